The van der Waals surface area contributed by atoms with E-state index in [0.29, 0.717) is 19.8 Å². The van der Waals surface area contributed by atoms with E-state index in [9.17, 15) is 0 Å². The van der Waals surface area contributed by atoms with E-state index < -0.39 is 0 Å². The maximum absolute atomic E-state index is 5.70. The maximum atomic E-state index is 5.70. The smallest absolute Gasteiger partial charge is 0.0710 e. The Hall–Kier alpha value is -0.510. The van der Waals surface area contributed by atoms with Crippen LogP contribution in [0.2, 0.25) is 0 Å². The number of nitrogens with one attached hydrogen (secondary N) is 1. The Morgan fingerprint density at radius 3 is 2.81 bits per heavy atom. The highest BCUT2D eigenvalue weighted by atomic mass is 79.9. The van der Waals surface area contributed by atoms with Crippen LogP contribution in [0.25, 0.3) is 0 Å². The van der Waals surface area contributed by atoms with Crippen molar-refractivity contribution >= 4 is 15.9 Å². The van der Waals surface area contributed by atoms with E-state index in [4.69, 9.17) is 15.3 Å². The Bertz CT molecular complexity index is 400. The lowest BCUT2D eigenvalue weighted by atomic mass is 10.1. The second-order valence-electron chi connectivity index (χ2n) is 5.02. The number of aromatic nitrogens is 2. The highest BCUT2D eigenvalue weighted by molar-refractivity contribution is 9.10. The minimum absolute atomic E-state index is 0.00779. The molecule has 0 spiro atoms. The van der Waals surface area contributed by atoms with Crippen molar-refractivity contribution in [2.24, 2.45) is 5.84 Å². The zero-order valence-electron chi connectivity index (χ0n) is 13.0. The molecule has 0 amide bonds. The van der Waals surface area contributed by atoms with Crippen LogP contribution in [0.5, 0.6) is 0 Å². The summed E-state index contributed by atoms with van der Waals surface area (Å²) in [4.78, 5) is 2.12. The van der Waals surface area contributed by atoms with E-state index in [1.165, 1.54) is 0 Å². The van der Waals surface area contributed by atoms with Gasteiger partial charge in [-0.1, -0.05) is 0 Å². The molecule has 0 saturated carbocycles. The van der Waals surface area contributed by atoms with Crippen LogP contribution >= 0.6 is 15.9 Å². The summed E-state index contributed by atoms with van der Waals surface area (Å²) in [6, 6.07) is -0.00779. The SMILES string of the molecule is COCCOCCC(NN)c1c(Br)cnn1CCN(C)C. The van der Waals surface area contributed by atoms with Gasteiger partial charge < -0.3 is 14.4 Å². The predicted octanol–water partition coefficient (Wildman–Crippen LogP) is 0.765. The van der Waals surface area contributed by atoms with E-state index >= 15 is 0 Å². The summed E-state index contributed by atoms with van der Waals surface area (Å²) in [5.41, 5.74) is 3.90. The normalized spacial score (nSPS) is 13.0. The van der Waals surface area contributed by atoms with Gasteiger partial charge in [0.1, 0.15) is 0 Å². The number of methoxy groups -OCH3 is 1. The number of hydrogen-bond donors (Lipinski definition) is 2. The number of rotatable bonds is 11. The van der Waals surface area contributed by atoms with Crippen LogP contribution in [-0.4, -0.2) is 62.3 Å². The summed E-state index contributed by atoms with van der Waals surface area (Å²) in [5.74, 6) is 5.70. The van der Waals surface area contributed by atoms with E-state index in [0.717, 1.165) is 29.7 Å². The zero-order chi connectivity index (χ0) is 15.7. The number of nitrogens with two attached hydrogens (primary N) is 1. The van der Waals surface area contributed by atoms with E-state index in [-0.39, 0.29) is 6.04 Å². The molecule has 21 heavy (non-hydrogen) atoms. The quantitative estimate of drug-likeness (QED) is 0.343. The molecule has 122 valence electrons. The first-order valence-corrected chi connectivity index (χ1v) is 7.78. The lowest BCUT2D eigenvalue weighted by Gasteiger charge is -2.19. The average molecular weight is 364 g/mol. The Balaban J connectivity index is 2.59. The van der Waals surface area contributed by atoms with Crippen molar-refractivity contribution in [3.63, 3.8) is 0 Å². The van der Waals surface area contributed by atoms with Gasteiger partial charge in [-0.25, -0.2) is 0 Å². The molecule has 8 heteroatoms. The number of likely N-dealkylation sites (N-methyl/N-ethyl adjacent to an activating group) is 1. The maximum Gasteiger partial charge on any atom is 0.0710 e. The Kier molecular flexibility index (Phi) is 9.05. The van der Waals surface area contributed by atoms with Crippen molar-refractivity contribution < 1.29 is 9.47 Å². The molecule has 1 rings (SSSR count). The van der Waals surface area contributed by atoms with Crippen molar-refractivity contribution in [3.05, 3.63) is 16.4 Å². The van der Waals surface area contributed by atoms with Gasteiger partial charge in [0, 0.05) is 20.3 Å². The highest BCUT2D eigenvalue weighted by Gasteiger charge is 2.19. The van der Waals surface area contributed by atoms with E-state index in [1.807, 2.05) is 18.8 Å². The van der Waals surface area contributed by atoms with Gasteiger partial charge in [0.2, 0.25) is 0 Å². The number of hydrazine groups is 1. The van der Waals surface area contributed by atoms with Crippen molar-refractivity contribution in [2.75, 3.05) is 47.6 Å². The van der Waals surface area contributed by atoms with Crippen molar-refractivity contribution in [2.45, 2.75) is 19.0 Å². The summed E-state index contributed by atoms with van der Waals surface area (Å²) in [5, 5.41) is 4.40. The number of ether oxygens (including phenoxy) is 2. The second-order valence-corrected chi connectivity index (χ2v) is 5.87. The number of nitrogens with zero attached hydrogens (tertiary/aromatic N) is 3. The largest absolute Gasteiger partial charge is 0.382 e. The highest BCUT2D eigenvalue weighted by Crippen LogP contribution is 2.25. The molecular weight excluding hydrogens is 338 g/mol. The molecular formula is C13H26BrN5O2. The molecule has 0 fully saturated rings. The topological polar surface area (TPSA) is 77.6 Å². The van der Waals surface area contributed by atoms with Crippen LogP contribution in [0.1, 0.15) is 18.2 Å². The van der Waals surface area contributed by atoms with Gasteiger partial charge in [-0.05, 0) is 36.4 Å². The van der Waals surface area contributed by atoms with Crippen LogP contribution in [-0.2, 0) is 16.0 Å². The van der Waals surface area contributed by atoms with Crippen LogP contribution in [0.15, 0.2) is 10.7 Å². The third-order valence-electron chi connectivity index (χ3n) is 3.11. The fourth-order valence-electron chi connectivity index (χ4n) is 1.94. The first kappa shape index (κ1) is 18.5. The first-order valence-electron chi connectivity index (χ1n) is 6.98. The standard InChI is InChI=1S/C13H26BrN5O2/c1-18(2)5-6-19-13(11(14)10-16-19)12(17-15)4-7-21-9-8-20-3/h10,12,17H,4-9,15H2,1-3H3. The van der Waals surface area contributed by atoms with Gasteiger partial charge in [0.25, 0.3) is 0 Å². The van der Waals surface area contributed by atoms with E-state index in [2.05, 4.69) is 31.4 Å². The molecule has 7 nitrogen and oxygen atoms in total. The molecule has 1 atom stereocenters. The predicted molar refractivity (Wildman–Crippen MR) is 85.9 cm³/mol. The molecule has 3 N–H and O–H groups in total. The van der Waals surface area contributed by atoms with Crippen molar-refractivity contribution in [1.29, 1.82) is 0 Å². The molecule has 1 aromatic rings. The Morgan fingerprint density at radius 1 is 1.43 bits per heavy atom. The summed E-state index contributed by atoms with van der Waals surface area (Å²) in [6.07, 6.45) is 2.58. The molecule has 1 aromatic heterocycles. The molecule has 0 aliphatic rings. The third-order valence-corrected chi connectivity index (χ3v) is 3.72. The fourth-order valence-corrected chi connectivity index (χ4v) is 2.51. The molecule has 0 aromatic carbocycles. The molecule has 1 unspecified atom stereocenters. The molecule has 0 aliphatic heterocycles. The van der Waals surface area contributed by atoms with Crippen LogP contribution in [0, 0.1) is 0 Å². The van der Waals surface area contributed by atoms with Crippen molar-refractivity contribution in [3.8, 4) is 0 Å². The van der Waals surface area contributed by atoms with Crippen LogP contribution < -0.4 is 11.3 Å². The van der Waals surface area contributed by atoms with Gasteiger partial charge in [-0.2, -0.15) is 5.10 Å². The summed E-state index contributed by atoms with van der Waals surface area (Å²) in [7, 11) is 5.75. The van der Waals surface area contributed by atoms with Gasteiger partial charge in [-0.3, -0.25) is 16.0 Å². The van der Waals surface area contributed by atoms with Gasteiger partial charge in [0.15, 0.2) is 0 Å². The Labute approximate surface area is 134 Å². The van der Waals surface area contributed by atoms with Gasteiger partial charge in [0.05, 0.1) is 42.2 Å². The first-order chi connectivity index (χ1) is 10.1. The third kappa shape index (κ3) is 6.41. The van der Waals surface area contributed by atoms with Crippen molar-refractivity contribution in [1.82, 2.24) is 20.1 Å². The average Bonchev–Trinajstić information content (AvgIpc) is 2.82. The van der Waals surface area contributed by atoms with E-state index in [1.54, 1.807) is 13.3 Å². The summed E-state index contributed by atoms with van der Waals surface area (Å²) in [6.45, 7) is 3.54. The summed E-state index contributed by atoms with van der Waals surface area (Å²) >= 11 is 3.55. The lowest BCUT2D eigenvalue weighted by molar-refractivity contribution is 0.0653. The molecule has 0 saturated heterocycles. The fraction of sp³-hybridized carbons (Fsp3) is 0.769. The molecule has 0 radical (unpaired) electrons. The minimum atomic E-state index is -0.00779. The molecule has 0 bridgehead atoms. The minimum Gasteiger partial charge on any atom is -0.382 e. The Morgan fingerprint density at radius 2 is 2.19 bits per heavy atom. The number of hydrogen-bond acceptors (Lipinski definition) is 6. The monoisotopic (exact) mass is 363 g/mol. The zero-order valence-corrected chi connectivity index (χ0v) is 14.6. The van der Waals surface area contributed by atoms with Crippen LogP contribution in [0.4, 0.5) is 0 Å². The summed E-state index contributed by atoms with van der Waals surface area (Å²) < 4.78 is 13.4. The van der Waals surface area contributed by atoms with Gasteiger partial charge in [-0.15, -0.1) is 0 Å². The van der Waals surface area contributed by atoms with Crippen LogP contribution in [0.3, 0.4) is 0 Å². The lowest BCUT2D eigenvalue weighted by Crippen LogP contribution is -2.32. The second kappa shape index (κ2) is 10.3. The molecule has 0 aliphatic carbocycles. The van der Waals surface area contributed by atoms with Gasteiger partial charge >= 0.3 is 0 Å². The molecule has 1 heterocycles. The number of halogens is 1.